The van der Waals surface area contributed by atoms with Gasteiger partial charge in [0.15, 0.2) is 5.82 Å². The zero-order chi connectivity index (χ0) is 18.4. The van der Waals surface area contributed by atoms with E-state index in [9.17, 15) is 18.7 Å². The molecule has 1 aliphatic heterocycles. The minimum absolute atomic E-state index is 0.199. The molecule has 7 heteroatoms. The summed E-state index contributed by atoms with van der Waals surface area (Å²) < 4.78 is 28.7. The predicted molar refractivity (Wildman–Crippen MR) is 88.6 cm³/mol. The van der Waals surface area contributed by atoms with Crippen LogP contribution in [0.5, 0.6) is 0 Å². The van der Waals surface area contributed by atoms with Gasteiger partial charge in [0.2, 0.25) is 0 Å². The normalized spacial score (nSPS) is 21.0. The number of halogens is 2. The first-order valence-corrected chi connectivity index (χ1v) is 8.17. The second-order valence-electron chi connectivity index (χ2n) is 6.98. The van der Waals surface area contributed by atoms with E-state index in [4.69, 9.17) is 0 Å². The van der Waals surface area contributed by atoms with Crippen molar-refractivity contribution in [1.82, 2.24) is 14.7 Å². The Morgan fingerprint density at radius 1 is 1.36 bits per heavy atom. The van der Waals surface area contributed by atoms with Gasteiger partial charge in [-0.15, -0.1) is 0 Å². The number of aromatic nitrogens is 2. The van der Waals surface area contributed by atoms with Crippen molar-refractivity contribution in [3.05, 3.63) is 46.8 Å². The summed E-state index contributed by atoms with van der Waals surface area (Å²) in [6.45, 7) is 7.15. The highest BCUT2D eigenvalue weighted by Crippen LogP contribution is 2.32. The fourth-order valence-corrected chi connectivity index (χ4v) is 3.38. The third kappa shape index (κ3) is 3.16. The summed E-state index contributed by atoms with van der Waals surface area (Å²) in [5, 5.41) is 13.8. The number of hydrogen-bond donors (Lipinski definition) is 1. The Morgan fingerprint density at radius 3 is 2.68 bits per heavy atom. The number of carbonyl (C=O) groups is 1. The van der Waals surface area contributed by atoms with E-state index in [1.54, 1.807) is 6.92 Å². The molecule has 1 unspecified atom stereocenters. The molecular weight excluding hydrogens is 328 g/mol. The van der Waals surface area contributed by atoms with Crippen molar-refractivity contribution in [2.45, 2.75) is 33.7 Å². The molecule has 0 amide bonds. The van der Waals surface area contributed by atoms with Crippen molar-refractivity contribution >= 4 is 5.97 Å². The van der Waals surface area contributed by atoms with Crippen LogP contribution >= 0.6 is 0 Å². The Bertz CT molecular complexity index is 834. The standard InChI is InChI=1S/C18H21F2N3O2/c1-11-14(9-22-7-6-18(3,10-22)17(24)25)12(2)23(21-11)16-5-4-13(19)8-15(16)20/h4-5,8H,6-7,9-10H2,1-3H3,(H,24,25). The van der Waals surface area contributed by atoms with Gasteiger partial charge in [-0.05, 0) is 45.9 Å². The van der Waals surface area contributed by atoms with Crippen LogP contribution in [0.3, 0.4) is 0 Å². The molecule has 134 valence electrons. The van der Waals surface area contributed by atoms with Gasteiger partial charge in [-0.3, -0.25) is 9.69 Å². The summed E-state index contributed by atoms with van der Waals surface area (Å²) >= 11 is 0. The van der Waals surface area contributed by atoms with Gasteiger partial charge in [-0.1, -0.05) is 0 Å². The average molecular weight is 349 g/mol. The lowest BCUT2D eigenvalue weighted by molar-refractivity contribution is -0.147. The van der Waals surface area contributed by atoms with Crippen LogP contribution in [-0.4, -0.2) is 38.8 Å². The van der Waals surface area contributed by atoms with Crippen LogP contribution in [0.15, 0.2) is 18.2 Å². The molecule has 25 heavy (non-hydrogen) atoms. The van der Waals surface area contributed by atoms with Gasteiger partial charge in [0.1, 0.15) is 11.5 Å². The third-order valence-electron chi connectivity index (χ3n) is 5.03. The molecule has 0 radical (unpaired) electrons. The Hall–Kier alpha value is -2.28. The number of aryl methyl sites for hydroxylation is 1. The highest BCUT2D eigenvalue weighted by atomic mass is 19.1. The van der Waals surface area contributed by atoms with E-state index in [2.05, 4.69) is 10.00 Å². The molecule has 1 N–H and O–H groups in total. The minimum atomic E-state index is -0.785. The van der Waals surface area contributed by atoms with Gasteiger partial charge in [-0.25, -0.2) is 13.5 Å². The van der Waals surface area contributed by atoms with Crippen LogP contribution in [0.4, 0.5) is 8.78 Å². The molecule has 0 saturated carbocycles. The molecule has 0 aliphatic carbocycles. The first-order chi connectivity index (χ1) is 11.7. The van der Waals surface area contributed by atoms with E-state index in [1.165, 1.54) is 16.8 Å². The van der Waals surface area contributed by atoms with E-state index in [0.717, 1.165) is 23.0 Å². The van der Waals surface area contributed by atoms with Crippen molar-refractivity contribution in [3.8, 4) is 5.69 Å². The molecule has 1 saturated heterocycles. The second-order valence-corrected chi connectivity index (χ2v) is 6.98. The molecule has 5 nitrogen and oxygen atoms in total. The lowest BCUT2D eigenvalue weighted by Crippen LogP contribution is -2.31. The van der Waals surface area contributed by atoms with Crippen molar-refractivity contribution in [3.63, 3.8) is 0 Å². The van der Waals surface area contributed by atoms with Gasteiger partial charge < -0.3 is 5.11 Å². The summed E-state index contributed by atoms with van der Waals surface area (Å²) in [6.07, 6.45) is 0.598. The molecule has 1 aromatic heterocycles. The summed E-state index contributed by atoms with van der Waals surface area (Å²) in [6, 6.07) is 3.41. The maximum atomic E-state index is 14.1. The number of likely N-dealkylation sites (tertiary alicyclic amines) is 1. The van der Waals surface area contributed by atoms with Crippen LogP contribution in [0.1, 0.15) is 30.3 Å². The maximum Gasteiger partial charge on any atom is 0.310 e. The van der Waals surface area contributed by atoms with Gasteiger partial charge in [0.05, 0.1) is 11.1 Å². The number of aliphatic carboxylic acids is 1. The van der Waals surface area contributed by atoms with E-state index < -0.39 is 23.0 Å². The maximum absolute atomic E-state index is 14.1. The number of carboxylic acid groups (broad SMARTS) is 1. The molecular formula is C18H21F2N3O2. The molecule has 1 fully saturated rings. The summed E-state index contributed by atoms with van der Waals surface area (Å²) in [5.41, 5.74) is 1.93. The Kier molecular flexibility index (Phi) is 4.36. The minimum Gasteiger partial charge on any atom is -0.481 e. The van der Waals surface area contributed by atoms with Gasteiger partial charge in [-0.2, -0.15) is 5.10 Å². The van der Waals surface area contributed by atoms with Crippen LogP contribution in [0.25, 0.3) is 5.69 Å². The number of hydrogen-bond acceptors (Lipinski definition) is 3. The highest BCUT2D eigenvalue weighted by Gasteiger charge is 2.40. The zero-order valence-corrected chi connectivity index (χ0v) is 14.5. The lowest BCUT2D eigenvalue weighted by atomic mass is 9.90. The average Bonchev–Trinajstić information content (AvgIpc) is 3.04. The molecule has 1 atom stereocenters. The zero-order valence-electron chi connectivity index (χ0n) is 14.5. The van der Waals surface area contributed by atoms with E-state index in [-0.39, 0.29) is 5.69 Å². The monoisotopic (exact) mass is 349 g/mol. The van der Waals surface area contributed by atoms with Gasteiger partial charge in [0.25, 0.3) is 0 Å². The molecule has 2 heterocycles. The smallest absolute Gasteiger partial charge is 0.310 e. The van der Waals surface area contributed by atoms with Gasteiger partial charge >= 0.3 is 5.97 Å². The van der Waals surface area contributed by atoms with E-state index in [1.807, 2.05) is 13.8 Å². The summed E-state index contributed by atoms with van der Waals surface area (Å²) in [4.78, 5) is 13.5. The summed E-state index contributed by atoms with van der Waals surface area (Å²) in [7, 11) is 0. The molecule has 0 bridgehead atoms. The quantitative estimate of drug-likeness (QED) is 0.922. The topological polar surface area (TPSA) is 58.4 Å². The fraction of sp³-hybridized carbons (Fsp3) is 0.444. The third-order valence-corrected chi connectivity index (χ3v) is 5.03. The molecule has 3 rings (SSSR count). The van der Waals surface area contributed by atoms with Crippen molar-refractivity contribution in [1.29, 1.82) is 0 Å². The Labute approximate surface area is 144 Å². The van der Waals surface area contributed by atoms with Crippen LogP contribution < -0.4 is 0 Å². The number of benzene rings is 1. The van der Waals surface area contributed by atoms with E-state index >= 15 is 0 Å². The predicted octanol–water partition coefficient (Wildman–Crippen LogP) is 3.06. The van der Waals surface area contributed by atoms with Crippen molar-refractivity contribution in [2.75, 3.05) is 13.1 Å². The fourth-order valence-electron chi connectivity index (χ4n) is 3.38. The Morgan fingerprint density at radius 2 is 2.08 bits per heavy atom. The molecule has 2 aromatic rings. The molecule has 1 aliphatic rings. The first-order valence-electron chi connectivity index (χ1n) is 8.17. The van der Waals surface area contributed by atoms with Crippen LogP contribution in [0, 0.1) is 30.9 Å². The van der Waals surface area contributed by atoms with Crippen LogP contribution in [-0.2, 0) is 11.3 Å². The summed E-state index contributed by atoms with van der Waals surface area (Å²) in [5.74, 6) is -2.09. The number of rotatable bonds is 4. The van der Waals surface area contributed by atoms with E-state index in [0.29, 0.717) is 26.1 Å². The number of nitrogens with zero attached hydrogens (tertiary/aromatic N) is 3. The Balaban J connectivity index is 1.87. The van der Waals surface area contributed by atoms with Gasteiger partial charge in [0, 0.05) is 30.4 Å². The molecule has 1 aromatic carbocycles. The SMILES string of the molecule is Cc1nn(-c2ccc(F)cc2F)c(C)c1CN1CCC(C)(C(=O)O)C1. The van der Waals surface area contributed by atoms with Crippen molar-refractivity contribution < 1.29 is 18.7 Å². The second kappa shape index (κ2) is 6.22. The first kappa shape index (κ1) is 17.5. The highest BCUT2D eigenvalue weighted by molar-refractivity contribution is 5.74. The lowest BCUT2D eigenvalue weighted by Gasteiger charge is -2.20. The number of carboxylic acids is 1. The van der Waals surface area contributed by atoms with Crippen molar-refractivity contribution in [2.24, 2.45) is 5.41 Å². The molecule has 0 spiro atoms. The van der Waals surface area contributed by atoms with Crippen LogP contribution in [0.2, 0.25) is 0 Å². The largest absolute Gasteiger partial charge is 0.481 e.